The van der Waals surface area contributed by atoms with E-state index in [1.165, 1.54) is 12.1 Å². The fourth-order valence-electron chi connectivity index (χ4n) is 4.54. The van der Waals surface area contributed by atoms with E-state index in [2.05, 4.69) is 5.32 Å². The van der Waals surface area contributed by atoms with Gasteiger partial charge < -0.3 is 20.0 Å². The van der Waals surface area contributed by atoms with Crippen LogP contribution >= 0.6 is 11.6 Å². The van der Waals surface area contributed by atoms with Crippen molar-refractivity contribution in [2.75, 3.05) is 49.5 Å². The van der Waals surface area contributed by atoms with Crippen molar-refractivity contribution in [2.24, 2.45) is 0 Å². The van der Waals surface area contributed by atoms with Crippen LogP contribution in [0.5, 0.6) is 0 Å². The summed E-state index contributed by atoms with van der Waals surface area (Å²) in [5.74, 6) is -1.41. The number of hydrogen-bond acceptors (Lipinski definition) is 4. The summed E-state index contributed by atoms with van der Waals surface area (Å²) in [5.41, 5.74) is 2.04. The molecule has 1 saturated heterocycles. The maximum atomic E-state index is 14.1. The predicted molar refractivity (Wildman–Crippen MR) is 148 cm³/mol. The Morgan fingerprint density at radius 2 is 1.50 bits per heavy atom. The molecule has 3 amide bonds. The number of rotatable bonds is 7. The highest BCUT2D eigenvalue weighted by molar-refractivity contribution is 6.34. The normalized spacial score (nSPS) is 13.3. The molecule has 0 radical (unpaired) electrons. The predicted octanol–water partition coefficient (Wildman–Crippen LogP) is 5.18. The van der Waals surface area contributed by atoms with E-state index in [0.717, 1.165) is 5.69 Å². The van der Waals surface area contributed by atoms with Crippen molar-refractivity contribution in [3.63, 3.8) is 0 Å². The van der Waals surface area contributed by atoms with E-state index in [1.54, 1.807) is 58.3 Å². The molecule has 9 heteroatoms. The molecule has 0 aromatic heterocycles. The lowest BCUT2D eigenvalue weighted by Gasteiger charge is -2.37. The Balaban J connectivity index is 1.56. The molecule has 38 heavy (non-hydrogen) atoms. The third kappa shape index (κ3) is 5.81. The van der Waals surface area contributed by atoms with E-state index in [-0.39, 0.29) is 23.3 Å². The second-order valence-electron chi connectivity index (χ2n) is 8.90. The molecule has 1 aliphatic heterocycles. The fraction of sp³-hybridized carbons (Fsp3) is 0.276. The number of halogens is 2. The zero-order valence-corrected chi connectivity index (χ0v) is 22.2. The first-order valence-corrected chi connectivity index (χ1v) is 13.0. The van der Waals surface area contributed by atoms with Gasteiger partial charge >= 0.3 is 0 Å². The molecular formula is C29H30ClFN4O3. The number of hydrogen-bond donors (Lipinski definition) is 1. The lowest BCUT2D eigenvalue weighted by atomic mass is 10.1. The van der Waals surface area contributed by atoms with Gasteiger partial charge in [-0.05, 0) is 56.3 Å². The highest BCUT2D eigenvalue weighted by Gasteiger charge is 2.27. The maximum absolute atomic E-state index is 14.1. The number of amides is 3. The van der Waals surface area contributed by atoms with Crippen molar-refractivity contribution in [3.05, 3.63) is 94.3 Å². The number of nitrogens with zero attached hydrogens (tertiary/aromatic N) is 3. The van der Waals surface area contributed by atoms with Crippen LogP contribution in [-0.4, -0.2) is 66.8 Å². The molecule has 1 aliphatic rings. The van der Waals surface area contributed by atoms with Gasteiger partial charge in [-0.15, -0.1) is 0 Å². The summed E-state index contributed by atoms with van der Waals surface area (Å²) in [4.78, 5) is 44.5. The minimum absolute atomic E-state index is 0.0527. The molecule has 0 atom stereocenters. The van der Waals surface area contributed by atoms with Crippen LogP contribution in [0.4, 0.5) is 15.8 Å². The molecule has 0 saturated carbocycles. The van der Waals surface area contributed by atoms with E-state index >= 15 is 0 Å². The van der Waals surface area contributed by atoms with Crippen LogP contribution in [0.15, 0.2) is 66.7 Å². The van der Waals surface area contributed by atoms with Gasteiger partial charge in [0.1, 0.15) is 5.82 Å². The lowest BCUT2D eigenvalue weighted by Crippen LogP contribution is -2.49. The summed E-state index contributed by atoms with van der Waals surface area (Å²) in [5, 5.41) is 3.18. The van der Waals surface area contributed by atoms with E-state index in [1.807, 2.05) is 24.8 Å². The number of carbonyl (C=O) groups excluding carboxylic acids is 3. The third-order valence-electron chi connectivity index (χ3n) is 6.67. The van der Waals surface area contributed by atoms with Gasteiger partial charge in [-0.2, -0.15) is 0 Å². The molecule has 0 spiro atoms. The van der Waals surface area contributed by atoms with Crippen molar-refractivity contribution in [1.29, 1.82) is 0 Å². The molecule has 1 N–H and O–H groups in total. The highest BCUT2D eigenvalue weighted by atomic mass is 35.5. The Bertz CT molecular complexity index is 1340. The second kappa shape index (κ2) is 12.1. The Morgan fingerprint density at radius 3 is 2.13 bits per heavy atom. The summed E-state index contributed by atoms with van der Waals surface area (Å²) in [6.45, 7) is 6.63. The molecule has 1 heterocycles. The average Bonchev–Trinajstić information content (AvgIpc) is 2.94. The lowest BCUT2D eigenvalue weighted by molar-refractivity contribution is 0.0736. The first kappa shape index (κ1) is 27.1. The zero-order valence-electron chi connectivity index (χ0n) is 21.4. The van der Waals surface area contributed by atoms with E-state index in [4.69, 9.17) is 11.6 Å². The van der Waals surface area contributed by atoms with Crippen molar-refractivity contribution in [1.82, 2.24) is 9.80 Å². The monoisotopic (exact) mass is 536 g/mol. The Hall–Kier alpha value is -3.91. The smallest absolute Gasteiger partial charge is 0.257 e. The van der Waals surface area contributed by atoms with Gasteiger partial charge in [0.25, 0.3) is 17.7 Å². The molecule has 7 nitrogen and oxygen atoms in total. The molecular weight excluding hydrogens is 507 g/mol. The standard InChI is InChI=1S/C29H30ClFN4O3/c1-3-33(4-2)29(38)23-19-20(32-27(36)21-9-5-7-11-24(21)30)13-14-26(23)34-15-17-35(18-16-34)28(37)22-10-6-8-12-25(22)31/h5-14,19H,3-4,15-18H2,1-2H3,(H,32,36). The first-order chi connectivity index (χ1) is 18.3. The SMILES string of the molecule is CCN(CC)C(=O)c1cc(NC(=O)c2ccccc2Cl)ccc1N1CCN(C(=O)c2ccccc2F)CC1. The Morgan fingerprint density at radius 1 is 0.868 bits per heavy atom. The van der Waals surface area contributed by atoms with Gasteiger partial charge in [0.15, 0.2) is 0 Å². The second-order valence-corrected chi connectivity index (χ2v) is 9.31. The fourth-order valence-corrected chi connectivity index (χ4v) is 4.76. The summed E-state index contributed by atoms with van der Waals surface area (Å²) in [7, 11) is 0. The average molecular weight is 537 g/mol. The first-order valence-electron chi connectivity index (χ1n) is 12.6. The van der Waals surface area contributed by atoms with Crippen LogP contribution in [0.25, 0.3) is 0 Å². The Kier molecular flexibility index (Phi) is 8.63. The van der Waals surface area contributed by atoms with E-state index in [9.17, 15) is 18.8 Å². The minimum Gasteiger partial charge on any atom is -0.367 e. The van der Waals surface area contributed by atoms with Crippen LogP contribution in [0.2, 0.25) is 5.02 Å². The van der Waals surface area contributed by atoms with Crippen LogP contribution in [-0.2, 0) is 0 Å². The van der Waals surface area contributed by atoms with Gasteiger partial charge in [0.2, 0.25) is 0 Å². The molecule has 3 aromatic rings. The van der Waals surface area contributed by atoms with Crippen molar-refractivity contribution in [2.45, 2.75) is 13.8 Å². The van der Waals surface area contributed by atoms with Crippen molar-refractivity contribution >= 4 is 40.7 Å². The largest absolute Gasteiger partial charge is 0.367 e. The van der Waals surface area contributed by atoms with Gasteiger partial charge in [-0.3, -0.25) is 14.4 Å². The van der Waals surface area contributed by atoms with Crippen molar-refractivity contribution < 1.29 is 18.8 Å². The molecule has 0 aliphatic carbocycles. The van der Waals surface area contributed by atoms with Gasteiger partial charge in [-0.1, -0.05) is 35.9 Å². The Labute approximate surface area is 226 Å². The number of benzene rings is 3. The summed E-state index contributed by atoms with van der Waals surface area (Å²) >= 11 is 6.18. The molecule has 3 aromatic carbocycles. The highest BCUT2D eigenvalue weighted by Crippen LogP contribution is 2.28. The molecule has 0 bridgehead atoms. The van der Waals surface area contributed by atoms with Gasteiger partial charge in [0.05, 0.1) is 21.7 Å². The summed E-state index contributed by atoms with van der Waals surface area (Å²) in [6, 6.07) is 18.0. The summed E-state index contributed by atoms with van der Waals surface area (Å²) < 4.78 is 14.1. The maximum Gasteiger partial charge on any atom is 0.257 e. The molecule has 4 rings (SSSR count). The number of nitrogens with one attached hydrogen (secondary N) is 1. The molecule has 198 valence electrons. The number of anilines is 2. The molecule has 1 fully saturated rings. The number of carbonyl (C=O) groups is 3. The van der Waals surface area contributed by atoms with Crippen molar-refractivity contribution in [3.8, 4) is 0 Å². The summed E-state index contributed by atoms with van der Waals surface area (Å²) in [6.07, 6.45) is 0. The van der Waals surface area contributed by atoms with E-state index in [0.29, 0.717) is 61.1 Å². The van der Waals surface area contributed by atoms with E-state index < -0.39 is 5.82 Å². The van der Waals surface area contributed by atoms with Gasteiger partial charge in [-0.25, -0.2) is 4.39 Å². The topological polar surface area (TPSA) is 73.0 Å². The van der Waals surface area contributed by atoms with Crippen LogP contribution in [0, 0.1) is 5.82 Å². The number of piperazine rings is 1. The zero-order chi connectivity index (χ0) is 27.2. The molecule has 0 unspecified atom stereocenters. The van der Waals surface area contributed by atoms with Crippen LogP contribution in [0.1, 0.15) is 44.9 Å². The van der Waals surface area contributed by atoms with Crippen LogP contribution < -0.4 is 10.2 Å². The third-order valence-corrected chi connectivity index (χ3v) is 7.00. The van der Waals surface area contributed by atoms with Gasteiger partial charge in [0, 0.05) is 50.6 Å². The minimum atomic E-state index is -0.540. The quantitative estimate of drug-likeness (QED) is 0.452. The van der Waals surface area contributed by atoms with Crippen LogP contribution in [0.3, 0.4) is 0 Å².